The van der Waals surface area contributed by atoms with Gasteiger partial charge >= 0.3 is 5.91 Å². The number of nitrogens with zero attached hydrogens (tertiary/aromatic N) is 1. The summed E-state index contributed by atoms with van der Waals surface area (Å²) in [6, 6.07) is 0. The van der Waals surface area contributed by atoms with Crippen LogP contribution in [0.5, 0.6) is 0 Å². The number of dihydropyridines is 1. The van der Waals surface area contributed by atoms with E-state index in [4.69, 9.17) is 0 Å². The molecule has 92 valence electrons. The van der Waals surface area contributed by atoms with Crippen LogP contribution < -0.4 is 10.6 Å². The minimum Gasteiger partial charge on any atom is -0.366 e. The van der Waals surface area contributed by atoms with Crippen LogP contribution >= 0.6 is 0 Å². The van der Waals surface area contributed by atoms with E-state index in [0.29, 0.717) is 5.70 Å². The molecule has 1 heterocycles. The molecule has 6 heteroatoms. The van der Waals surface area contributed by atoms with Crippen molar-refractivity contribution < 1.29 is 9.59 Å². The summed E-state index contributed by atoms with van der Waals surface area (Å²) >= 11 is 0. The van der Waals surface area contributed by atoms with Gasteiger partial charge in [0.05, 0.1) is 0 Å². The molecular weight excluding hydrogens is 222 g/mol. The molecule has 0 spiro atoms. The molecule has 17 heavy (non-hydrogen) atoms. The Kier molecular flexibility index (Phi) is 4.14. The maximum atomic E-state index is 11.5. The molecule has 1 unspecified atom stereocenters. The molecule has 1 rings (SSSR count). The standard InChI is InChI=1S/C11H15N3O3/c1-6(2)10(15)13-9-5-8(11(16)14-17)4-7(3)12-9/h4-6,9,12H,1-3H3,(H,13,15). The second-order valence-corrected chi connectivity index (χ2v) is 4.13. The first kappa shape index (κ1) is 13.1. The minimum atomic E-state index is -0.838. The summed E-state index contributed by atoms with van der Waals surface area (Å²) in [7, 11) is 0. The maximum Gasteiger partial charge on any atom is 0.316 e. The third kappa shape index (κ3) is 3.51. The van der Waals surface area contributed by atoms with Gasteiger partial charge in [0.15, 0.2) is 0 Å². The quantitative estimate of drug-likeness (QED) is 0.711. The van der Waals surface area contributed by atoms with Gasteiger partial charge in [0.1, 0.15) is 6.17 Å². The molecule has 0 aromatic rings. The van der Waals surface area contributed by atoms with E-state index in [1.54, 1.807) is 20.8 Å². The van der Waals surface area contributed by atoms with Gasteiger partial charge in [-0.3, -0.25) is 9.59 Å². The average molecular weight is 237 g/mol. The lowest BCUT2D eigenvalue weighted by molar-refractivity contribution is -0.124. The smallest absolute Gasteiger partial charge is 0.316 e. The Morgan fingerprint density at radius 1 is 1.47 bits per heavy atom. The van der Waals surface area contributed by atoms with Crippen molar-refractivity contribution in [2.75, 3.05) is 0 Å². The van der Waals surface area contributed by atoms with E-state index >= 15 is 0 Å². The third-order valence-corrected chi connectivity index (χ3v) is 2.25. The van der Waals surface area contributed by atoms with Crippen LogP contribution in [0.4, 0.5) is 0 Å². The minimum absolute atomic E-state index is 0.140. The van der Waals surface area contributed by atoms with E-state index in [1.807, 2.05) is 0 Å². The molecule has 1 aliphatic heterocycles. The number of hydrogen-bond donors (Lipinski definition) is 2. The van der Waals surface area contributed by atoms with Gasteiger partial charge < -0.3 is 10.6 Å². The van der Waals surface area contributed by atoms with Crippen molar-refractivity contribution in [3.63, 3.8) is 0 Å². The van der Waals surface area contributed by atoms with Crippen LogP contribution in [-0.2, 0) is 9.59 Å². The van der Waals surface area contributed by atoms with Crippen molar-refractivity contribution in [1.82, 2.24) is 10.6 Å². The summed E-state index contributed by atoms with van der Waals surface area (Å²) < 4.78 is 0. The van der Waals surface area contributed by atoms with Crippen LogP contribution in [0.1, 0.15) is 20.8 Å². The van der Waals surface area contributed by atoms with Crippen molar-refractivity contribution in [2.24, 2.45) is 11.1 Å². The molecule has 2 amide bonds. The Morgan fingerprint density at radius 3 is 2.65 bits per heavy atom. The number of carbonyl (C=O) groups excluding carboxylic acids is 2. The number of nitrogens with one attached hydrogen (secondary N) is 2. The predicted molar refractivity (Wildman–Crippen MR) is 62.5 cm³/mol. The molecule has 0 aromatic heterocycles. The summed E-state index contributed by atoms with van der Waals surface area (Å²) in [5.41, 5.74) is 0.874. The molecule has 0 fully saturated rings. The summed E-state index contributed by atoms with van der Waals surface area (Å²) in [4.78, 5) is 32.8. The molecule has 0 radical (unpaired) electrons. The lowest BCUT2D eigenvalue weighted by Gasteiger charge is -2.23. The normalized spacial score (nSPS) is 18.9. The molecule has 1 atom stereocenters. The number of rotatable bonds is 3. The Morgan fingerprint density at radius 2 is 2.12 bits per heavy atom. The molecule has 0 aliphatic carbocycles. The van der Waals surface area contributed by atoms with Gasteiger partial charge in [0, 0.05) is 22.4 Å². The topological polar surface area (TPSA) is 87.6 Å². The van der Waals surface area contributed by atoms with Crippen molar-refractivity contribution in [3.05, 3.63) is 28.3 Å². The lowest BCUT2D eigenvalue weighted by atomic mass is 10.1. The monoisotopic (exact) mass is 237 g/mol. The van der Waals surface area contributed by atoms with E-state index in [0.717, 1.165) is 0 Å². The van der Waals surface area contributed by atoms with E-state index < -0.39 is 12.1 Å². The zero-order chi connectivity index (χ0) is 13.0. The van der Waals surface area contributed by atoms with Crippen LogP contribution in [0.2, 0.25) is 0 Å². The lowest BCUT2D eigenvalue weighted by Crippen LogP contribution is -2.46. The molecule has 0 bridgehead atoms. The maximum absolute atomic E-state index is 11.5. The van der Waals surface area contributed by atoms with E-state index in [2.05, 4.69) is 15.8 Å². The summed E-state index contributed by atoms with van der Waals surface area (Å²) in [5.74, 6) is -1.13. The number of nitroso groups, excluding NO2 is 1. The second-order valence-electron chi connectivity index (χ2n) is 4.13. The average Bonchev–Trinajstić information content (AvgIpc) is 2.26. The Bertz CT molecular complexity index is 410. The van der Waals surface area contributed by atoms with Crippen LogP contribution in [0.15, 0.2) is 28.6 Å². The first-order valence-electron chi connectivity index (χ1n) is 5.28. The van der Waals surface area contributed by atoms with Crippen molar-refractivity contribution in [2.45, 2.75) is 26.9 Å². The molecule has 1 aliphatic rings. The third-order valence-electron chi connectivity index (χ3n) is 2.25. The first-order chi connectivity index (χ1) is 7.93. The highest BCUT2D eigenvalue weighted by atomic mass is 16.3. The number of amides is 2. The summed E-state index contributed by atoms with van der Waals surface area (Å²) in [6.07, 6.45) is 2.49. The molecule has 0 saturated carbocycles. The van der Waals surface area contributed by atoms with Gasteiger partial charge in [-0.25, -0.2) is 0 Å². The number of allylic oxidation sites excluding steroid dienone is 1. The zero-order valence-electron chi connectivity index (χ0n) is 9.98. The fourth-order valence-electron chi connectivity index (χ4n) is 1.37. The molecule has 0 aromatic carbocycles. The van der Waals surface area contributed by atoms with Gasteiger partial charge in [-0.05, 0) is 19.1 Å². The number of hydrogen-bond acceptors (Lipinski definition) is 4. The predicted octanol–water partition coefficient (Wildman–Crippen LogP) is 0.811. The van der Waals surface area contributed by atoms with Gasteiger partial charge in [-0.15, -0.1) is 4.91 Å². The highest BCUT2D eigenvalue weighted by Crippen LogP contribution is 2.10. The SMILES string of the molecule is CC1=CC(C(=O)N=O)=CC(NC(=O)C(C)C)N1. The van der Waals surface area contributed by atoms with Crippen molar-refractivity contribution >= 4 is 11.8 Å². The second kappa shape index (κ2) is 5.38. The van der Waals surface area contributed by atoms with E-state index in [-0.39, 0.29) is 17.4 Å². The van der Waals surface area contributed by atoms with Gasteiger partial charge in [0.2, 0.25) is 5.91 Å². The number of carbonyl (C=O) groups is 2. The summed E-state index contributed by atoms with van der Waals surface area (Å²) in [5, 5.41) is 8.02. The Balaban J connectivity index is 2.80. The van der Waals surface area contributed by atoms with Crippen LogP contribution in [-0.4, -0.2) is 18.0 Å². The van der Waals surface area contributed by atoms with Crippen molar-refractivity contribution in [3.8, 4) is 0 Å². The first-order valence-corrected chi connectivity index (χ1v) is 5.28. The fourth-order valence-corrected chi connectivity index (χ4v) is 1.37. The molecule has 6 nitrogen and oxygen atoms in total. The summed E-state index contributed by atoms with van der Waals surface area (Å²) in [6.45, 7) is 5.27. The van der Waals surface area contributed by atoms with Crippen LogP contribution in [0, 0.1) is 10.8 Å². The Hall–Kier alpha value is -1.98. The highest BCUT2D eigenvalue weighted by molar-refractivity contribution is 5.97. The highest BCUT2D eigenvalue weighted by Gasteiger charge is 2.19. The zero-order valence-corrected chi connectivity index (χ0v) is 9.98. The molecule has 0 saturated heterocycles. The molecule has 2 N–H and O–H groups in total. The largest absolute Gasteiger partial charge is 0.366 e. The van der Waals surface area contributed by atoms with Gasteiger partial charge in [-0.2, -0.15) is 0 Å². The van der Waals surface area contributed by atoms with E-state index in [1.165, 1.54) is 12.2 Å². The van der Waals surface area contributed by atoms with Gasteiger partial charge in [0.25, 0.3) is 0 Å². The van der Waals surface area contributed by atoms with Crippen molar-refractivity contribution in [1.29, 1.82) is 0 Å². The fraction of sp³-hybridized carbons (Fsp3) is 0.455. The Labute approximate surface area is 99.1 Å². The molecular formula is C11H15N3O3. The van der Waals surface area contributed by atoms with E-state index in [9.17, 15) is 14.5 Å². The van der Waals surface area contributed by atoms with Gasteiger partial charge in [-0.1, -0.05) is 13.8 Å². The van der Waals surface area contributed by atoms with Crippen LogP contribution in [0.25, 0.3) is 0 Å². The van der Waals surface area contributed by atoms with Crippen LogP contribution in [0.3, 0.4) is 0 Å².